The molecule has 11 amide bonds. The molecule has 0 aromatic heterocycles. The topological polar surface area (TPSA) is 285 Å². The summed E-state index contributed by atoms with van der Waals surface area (Å²) in [7, 11) is 9.89. The highest BCUT2D eigenvalue weighted by atomic mass is 16.5. The monoisotopic (exact) mass is 1240 g/mol. The lowest BCUT2D eigenvalue weighted by Crippen LogP contribution is -2.64. The van der Waals surface area contributed by atoms with E-state index < -0.39 is 162 Å². The van der Waals surface area contributed by atoms with Crippen LogP contribution in [0.1, 0.15) is 163 Å². The maximum atomic E-state index is 15.4. The molecule has 88 heavy (non-hydrogen) atoms. The van der Waals surface area contributed by atoms with E-state index in [1.54, 1.807) is 54.5 Å². The van der Waals surface area contributed by atoms with E-state index >= 15 is 19.2 Å². The molecule has 1 aliphatic heterocycles. The molecule has 0 saturated carbocycles. The summed E-state index contributed by atoms with van der Waals surface area (Å²) in [6, 6.07) is -12.5. The molecule has 12 atom stereocenters. The lowest BCUT2D eigenvalue weighted by atomic mass is 9.91. The molecule has 0 spiro atoms. The Hall–Kier alpha value is -6.62. The molecule has 0 bridgehead atoms. The summed E-state index contributed by atoms with van der Waals surface area (Å²) < 4.78 is 5.93. The molecule has 1 fully saturated rings. The van der Waals surface area contributed by atoms with Gasteiger partial charge in [0.25, 0.3) is 0 Å². The Morgan fingerprint density at radius 3 is 1.35 bits per heavy atom. The van der Waals surface area contributed by atoms with Gasteiger partial charge in [0.05, 0.1) is 6.54 Å². The molecule has 0 radical (unpaired) electrons. The average molecular weight is 1240 g/mol. The van der Waals surface area contributed by atoms with Gasteiger partial charge in [0.15, 0.2) is 0 Å². The van der Waals surface area contributed by atoms with E-state index in [4.69, 9.17) is 4.74 Å². The number of carbonyl (C=O) groups excluding carboxylic acids is 12. The molecular formula is C64H113N11O13. The number of nitrogens with one attached hydrogen (secondary N) is 4. The molecule has 0 aromatic rings. The maximum absolute atomic E-state index is 15.4. The standard InChI is InChI=1S/C64H113N11O13/c1-26-28-29-41(15)54(88-44(18)76)53-58(81)67-45(27-2)60(83)69(19)34-50(77)70(20)46(30-35(3)4)57(80)68-51(39(11)12)63(86)71(21)47(31-36(5)6)56(79)65-42(16)55(78)66-43(17)59(82)72(22)48(32-37(7)8)61(84)73(23)49(33-38(9)10)62(85)74(24)52(40(13)14)64(87)75(53)25/h26,28,35-43,45-49,51-54H,27,29-34H2,1-25H3,(H,65,79)(H,66,78)(H,67,81)(H,68,80)/b28-26+/t41-,42+,43-,45+,46-,47+,48+,49+,51+,52-,53+,54-/m1/s1. The fourth-order valence-corrected chi connectivity index (χ4v) is 11.0. The second-order valence-corrected chi connectivity index (χ2v) is 26.7. The van der Waals surface area contributed by atoms with Gasteiger partial charge in [-0.05, 0) is 101 Å². The van der Waals surface area contributed by atoms with Crippen molar-refractivity contribution < 1.29 is 62.3 Å². The minimum Gasteiger partial charge on any atom is -0.459 e. The molecular weight excluding hydrogens is 1130 g/mol. The zero-order valence-corrected chi connectivity index (χ0v) is 57.9. The van der Waals surface area contributed by atoms with Crippen LogP contribution in [-0.2, 0) is 62.3 Å². The summed E-state index contributed by atoms with van der Waals surface area (Å²) in [6.45, 7) is 30.4. The third-order valence-corrected chi connectivity index (χ3v) is 16.3. The summed E-state index contributed by atoms with van der Waals surface area (Å²) in [4.78, 5) is 183. The Morgan fingerprint density at radius 2 is 0.909 bits per heavy atom. The normalized spacial score (nSPS) is 26.3. The number of hydrogen-bond acceptors (Lipinski definition) is 13. The highest BCUT2D eigenvalue weighted by Gasteiger charge is 2.47. The van der Waals surface area contributed by atoms with Gasteiger partial charge in [-0.25, -0.2) is 0 Å². The number of likely N-dealkylation sites (N-methyl/N-ethyl adjacent to an activating group) is 7. The molecule has 0 unspecified atom stereocenters. The Kier molecular flexibility index (Phi) is 32.6. The van der Waals surface area contributed by atoms with Crippen LogP contribution >= 0.6 is 0 Å². The van der Waals surface area contributed by atoms with Crippen molar-refractivity contribution in [1.82, 2.24) is 55.6 Å². The number of nitrogens with zero attached hydrogens (tertiary/aromatic N) is 7. The van der Waals surface area contributed by atoms with Gasteiger partial charge in [-0.2, -0.15) is 0 Å². The number of allylic oxidation sites excluding steroid dienone is 2. The second kappa shape index (κ2) is 36.1. The maximum Gasteiger partial charge on any atom is 0.303 e. The molecule has 1 rings (SSSR count). The summed E-state index contributed by atoms with van der Waals surface area (Å²) in [5, 5.41) is 11.0. The second-order valence-electron chi connectivity index (χ2n) is 26.7. The van der Waals surface area contributed by atoms with Crippen LogP contribution in [0.5, 0.6) is 0 Å². The van der Waals surface area contributed by atoms with Crippen molar-refractivity contribution in [1.29, 1.82) is 0 Å². The van der Waals surface area contributed by atoms with E-state index in [0.29, 0.717) is 6.42 Å². The van der Waals surface area contributed by atoms with Gasteiger partial charge >= 0.3 is 5.97 Å². The average Bonchev–Trinajstić information content (AvgIpc) is 2.69. The number of hydrogen-bond donors (Lipinski definition) is 4. The van der Waals surface area contributed by atoms with E-state index in [-0.39, 0.29) is 55.8 Å². The predicted molar refractivity (Wildman–Crippen MR) is 338 cm³/mol. The third kappa shape index (κ3) is 22.5. The van der Waals surface area contributed by atoms with Gasteiger partial charge in [-0.1, -0.05) is 109 Å². The number of amides is 11. The Bertz CT molecular complexity index is 2450. The van der Waals surface area contributed by atoms with Crippen LogP contribution in [0.2, 0.25) is 0 Å². The molecule has 24 heteroatoms. The molecule has 1 aliphatic rings. The molecule has 1 heterocycles. The number of ether oxygens (including phenoxy) is 1. The van der Waals surface area contributed by atoms with Gasteiger partial charge < -0.3 is 60.3 Å². The SMILES string of the molecule is C/C=C/C[C@@H](C)[C@@H](OC(C)=O)[C@H]1C(=O)N[C@@H](CC)C(=O)N(C)CC(=O)N(C)[C@H](CC(C)C)C(=O)N[C@@H](C(C)C)C(=O)N(C)[C@@H](CC(C)C)C(=O)N[C@@H](C)C(=O)N[C@H](C)C(=O)N(C)[C@@H](CC(C)C)C(=O)N(C)[C@@H](CC(C)C)C(=O)N(C)[C@H](C(C)C)C(=O)N1C. The Balaban J connectivity index is 4.43. The summed E-state index contributed by atoms with van der Waals surface area (Å²) in [6.07, 6.45) is 3.15. The van der Waals surface area contributed by atoms with Crippen molar-refractivity contribution in [2.45, 2.75) is 230 Å². The molecule has 1 saturated heterocycles. The fourth-order valence-electron chi connectivity index (χ4n) is 11.0. The van der Waals surface area contributed by atoms with Crippen LogP contribution in [0.15, 0.2) is 12.2 Å². The summed E-state index contributed by atoms with van der Waals surface area (Å²) in [5.41, 5.74) is 0. The quantitative estimate of drug-likeness (QED) is 0.126. The van der Waals surface area contributed by atoms with Gasteiger partial charge in [-0.3, -0.25) is 57.5 Å². The Morgan fingerprint density at radius 1 is 0.489 bits per heavy atom. The molecule has 0 aliphatic carbocycles. The smallest absolute Gasteiger partial charge is 0.303 e. The van der Waals surface area contributed by atoms with Gasteiger partial charge in [0, 0.05) is 56.3 Å². The van der Waals surface area contributed by atoms with Crippen LogP contribution in [0.25, 0.3) is 0 Å². The van der Waals surface area contributed by atoms with Gasteiger partial charge in [0.2, 0.25) is 65.0 Å². The van der Waals surface area contributed by atoms with E-state index in [1.165, 1.54) is 94.6 Å². The lowest BCUT2D eigenvalue weighted by molar-refractivity contribution is -0.164. The Labute approximate surface area is 526 Å². The number of esters is 1. The zero-order valence-electron chi connectivity index (χ0n) is 57.9. The van der Waals surface area contributed by atoms with Crippen molar-refractivity contribution in [3.8, 4) is 0 Å². The predicted octanol–water partition coefficient (Wildman–Crippen LogP) is 3.84. The number of rotatable bonds is 16. The first-order chi connectivity index (χ1) is 40.6. The van der Waals surface area contributed by atoms with E-state index in [2.05, 4.69) is 21.3 Å². The van der Waals surface area contributed by atoms with Crippen molar-refractivity contribution in [2.75, 3.05) is 55.9 Å². The van der Waals surface area contributed by atoms with Crippen LogP contribution < -0.4 is 21.3 Å². The van der Waals surface area contributed by atoms with Gasteiger partial charge in [-0.15, -0.1) is 0 Å². The van der Waals surface area contributed by atoms with E-state index in [9.17, 15) is 38.4 Å². The summed E-state index contributed by atoms with van der Waals surface area (Å²) in [5.74, 6) is -10.7. The van der Waals surface area contributed by atoms with Crippen LogP contribution in [0.4, 0.5) is 0 Å². The van der Waals surface area contributed by atoms with E-state index in [0.717, 1.165) is 9.80 Å². The number of carbonyl (C=O) groups is 12. The largest absolute Gasteiger partial charge is 0.459 e. The van der Waals surface area contributed by atoms with Crippen LogP contribution in [-0.4, -0.2) is 228 Å². The first kappa shape index (κ1) is 79.4. The van der Waals surface area contributed by atoms with Crippen molar-refractivity contribution in [3.05, 3.63) is 12.2 Å². The lowest BCUT2D eigenvalue weighted by Gasteiger charge is -2.42. The molecule has 0 aromatic carbocycles. The third-order valence-electron chi connectivity index (χ3n) is 16.3. The van der Waals surface area contributed by atoms with Crippen molar-refractivity contribution in [2.24, 2.45) is 41.4 Å². The van der Waals surface area contributed by atoms with E-state index in [1.807, 2.05) is 61.5 Å². The first-order valence-corrected chi connectivity index (χ1v) is 31.4. The highest BCUT2D eigenvalue weighted by molar-refractivity contribution is 5.99. The molecule has 4 N–H and O–H groups in total. The molecule has 502 valence electrons. The highest BCUT2D eigenvalue weighted by Crippen LogP contribution is 2.27. The summed E-state index contributed by atoms with van der Waals surface area (Å²) >= 11 is 0. The molecule has 24 nitrogen and oxygen atoms in total. The zero-order chi connectivity index (χ0) is 68.3. The first-order valence-electron chi connectivity index (χ1n) is 31.4. The van der Waals surface area contributed by atoms with Crippen LogP contribution in [0.3, 0.4) is 0 Å². The van der Waals surface area contributed by atoms with Crippen molar-refractivity contribution in [3.63, 3.8) is 0 Å². The van der Waals surface area contributed by atoms with Crippen LogP contribution in [0, 0.1) is 41.4 Å². The van der Waals surface area contributed by atoms with Gasteiger partial charge in [0.1, 0.15) is 66.5 Å². The minimum absolute atomic E-state index is 0.00279. The van der Waals surface area contributed by atoms with Crippen molar-refractivity contribution >= 4 is 70.9 Å². The minimum atomic E-state index is -1.61. The fraction of sp³-hybridized carbons (Fsp3) is 0.781.